The van der Waals surface area contributed by atoms with Gasteiger partial charge < -0.3 is 14.5 Å². The van der Waals surface area contributed by atoms with E-state index in [0.29, 0.717) is 31.0 Å². The summed E-state index contributed by atoms with van der Waals surface area (Å²) in [6.45, 7) is 0.661. The van der Waals surface area contributed by atoms with Crippen molar-refractivity contribution < 1.29 is 26.9 Å². The van der Waals surface area contributed by atoms with Crippen LogP contribution in [-0.4, -0.2) is 48.4 Å². The number of unbranched alkanes of at least 4 members (excludes halogenated alkanes) is 1. The number of hydrogen-bond acceptors (Lipinski definition) is 6. The highest BCUT2D eigenvalue weighted by atomic mass is 32.2. The first-order valence-electron chi connectivity index (χ1n) is 14.8. The first-order valence-corrected chi connectivity index (χ1v) is 16.4. The largest absolute Gasteiger partial charge is 0.448 e. The molecule has 0 spiro atoms. The third-order valence-corrected chi connectivity index (χ3v) is 9.65. The molecular formula is C30H42N2O6S. The highest BCUT2D eigenvalue weighted by molar-refractivity contribution is 7.85. The van der Waals surface area contributed by atoms with Gasteiger partial charge in [0.25, 0.3) is 16.0 Å². The third kappa shape index (κ3) is 7.70. The maximum atomic E-state index is 12.7. The van der Waals surface area contributed by atoms with Crippen molar-refractivity contribution in [3.8, 4) is 0 Å². The van der Waals surface area contributed by atoms with Crippen molar-refractivity contribution in [2.45, 2.75) is 102 Å². The number of aromatic nitrogens is 1. The number of carbonyl (C=O) groups excluding carboxylic acids is 1. The molecule has 3 aliphatic rings. The number of carbonyl (C=O) groups is 1. The van der Waals surface area contributed by atoms with E-state index in [2.05, 4.69) is 22.4 Å². The Morgan fingerprint density at radius 3 is 2.64 bits per heavy atom. The lowest BCUT2D eigenvalue weighted by atomic mass is 9.76. The van der Waals surface area contributed by atoms with Crippen LogP contribution in [0.25, 0.3) is 0 Å². The summed E-state index contributed by atoms with van der Waals surface area (Å²) in [5.74, 6) is 1.24. The summed E-state index contributed by atoms with van der Waals surface area (Å²) >= 11 is 0. The second-order valence-corrected chi connectivity index (χ2v) is 13.3. The average Bonchev–Trinajstić information content (AvgIpc) is 3.66. The van der Waals surface area contributed by atoms with Gasteiger partial charge in [0.05, 0.1) is 23.9 Å². The number of ether oxygens (including phenoxy) is 1. The molecule has 0 unspecified atom stereocenters. The van der Waals surface area contributed by atoms with E-state index >= 15 is 0 Å². The molecule has 1 aromatic carbocycles. The summed E-state index contributed by atoms with van der Waals surface area (Å²) in [7, 11) is -3.95. The number of hydrogen-bond donors (Lipinski definition) is 2. The van der Waals surface area contributed by atoms with E-state index in [-0.39, 0.29) is 35.7 Å². The molecule has 5 rings (SSSR count). The van der Waals surface area contributed by atoms with Gasteiger partial charge in [-0.3, -0.25) is 9.35 Å². The van der Waals surface area contributed by atoms with Crippen LogP contribution >= 0.6 is 0 Å². The van der Waals surface area contributed by atoms with Crippen LogP contribution in [0.15, 0.2) is 34.9 Å². The van der Waals surface area contributed by atoms with Gasteiger partial charge in [-0.1, -0.05) is 69.2 Å². The number of nitrogens with one attached hydrogen (secondary N) is 1. The maximum Gasteiger partial charge on any atom is 0.273 e. The van der Waals surface area contributed by atoms with Crippen LogP contribution in [0.3, 0.4) is 0 Å². The molecule has 3 fully saturated rings. The number of amides is 1. The molecule has 2 N–H and O–H groups in total. The van der Waals surface area contributed by atoms with E-state index in [1.165, 1.54) is 44.8 Å². The Labute approximate surface area is 232 Å². The molecule has 1 aliphatic carbocycles. The minimum absolute atomic E-state index is 0.00369. The molecule has 1 amide bonds. The van der Waals surface area contributed by atoms with E-state index in [9.17, 15) is 13.2 Å². The highest BCUT2D eigenvalue weighted by Crippen LogP contribution is 2.49. The molecule has 3 heterocycles. The molecule has 0 radical (unpaired) electrons. The van der Waals surface area contributed by atoms with E-state index < -0.39 is 10.1 Å². The van der Waals surface area contributed by atoms with Gasteiger partial charge in [0, 0.05) is 12.5 Å². The molecule has 2 aliphatic heterocycles. The molecule has 39 heavy (non-hydrogen) atoms. The number of fused-ring (bicyclic) bond motifs is 2. The van der Waals surface area contributed by atoms with Crippen LogP contribution in [0.5, 0.6) is 0 Å². The summed E-state index contributed by atoms with van der Waals surface area (Å²) in [4.78, 5) is 17.4. The van der Waals surface area contributed by atoms with Gasteiger partial charge in [0.15, 0.2) is 5.69 Å². The molecule has 9 heteroatoms. The van der Waals surface area contributed by atoms with E-state index in [1.807, 2.05) is 12.1 Å². The second-order valence-electron chi connectivity index (χ2n) is 11.7. The van der Waals surface area contributed by atoms with Crippen LogP contribution in [0.4, 0.5) is 0 Å². The average molecular weight is 559 g/mol. The Morgan fingerprint density at radius 1 is 1.03 bits per heavy atom. The smallest absolute Gasteiger partial charge is 0.273 e. The number of rotatable bonds is 13. The maximum absolute atomic E-state index is 12.7. The molecule has 4 atom stereocenters. The fraction of sp³-hybridized carbons (Fsp3) is 0.667. The zero-order valence-electron chi connectivity index (χ0n) is 22.7. The van der Waals surface area contributed by atoms with Crippen LogP contribution in [0.2, 0.25) is 0 Å². The molecule has 2 bridgehead atoms. The van der Waals surface area contributed by atoms with E-state index in [0.717, 1.165) is 49.1 Å². The van der Waals surface area contributed by atoms with Crippen LogP contribution in [-0.2, 0) is 27.7 Å². The third-order valence-electron chi connectivity index (χ3n) is 8.84. The monoisotopic (exact) mass is 558 g/mol. The van der Waals surface area contributed by atoms with Crippen molar-refractivity contribution in [3.63, 3.8) is 0 Å². The Kier molecular flexibility index (Phi) is 9.40. The minimum atomic E-state index is -3.95. The van der Waals surface area contributed by atoms with Crippen LogP contribution < -0.4 is 5.32 Å². The summed E-state index contributed by atoms with van der Waals surface area (Å²) in [6.07, 6.45) is 15.7. The molecule has 2 saturated heterocycles. The summed E-state index contributed by atoms with van der Waals surface area (Å²) in [6, 6.07) is 8.16. The van der Waals surface area contributed by atoms with Gasteiger partial charge in [-0.05, 0) is 55.6 Å². The second kappa shape index (κ2) is 13.0. The summed E-state index contributed by atoms with van der Waals surface area (Å²) in [5, 5.41) is 3.01. The predicted octanol–water partition coefficient (Wildman–Crippen LogP) is 5.48. The van der Waals surface area contributed by atoms with E-state index in [4.69, 9.17) is 13.7 Å². The molecule has 1 aromatic heterocycles. The van der Waals surface area contributed by atoms with Crippen molar-refractivity contribution in [3.05, 3.63) is 53.2 Å². The lowest BCUT2D eigenvalue weighted by molar-refractivity contribution is 0.0898. The fourth-order valence-electron chi connectivity index (χ4n) is 6.89. The molecular weight excluding hydrogens is 516 g/mol. The van der Waals surface area contributed by atoms with Crippen molar-refractivity contribution in [1.29, 1.82) is 0 Å². The zero-order chi connectivity index (χ0) is 27.2. The van der Waals surface area contributed by atoms with Crippen molar-refractivity contribution in [2.24, 2.45) is 11.8 Å². The molecule has 2 aromatic rings. The molecule has 8 nitrogen and oxygen atoms in total. The lowest BCUT2D eigenvalue weighted by Gasteiger charge is -2.26. The quantitative estimate of drug-likeness (QED) is 0.247. The van der Waals surface area contributed by atoms with Crippen molar-refractivity contribution >= 4 is 16.0 Å². The first kappa shape index (κ1) is 28.3. The Morgan fingerprint density at radius 2 is 1.82 bits per heavy atom. The number of aryl methyl sites for hydroxylation is 1. The van der Waals surface area contributed by atoms with Gasteiger partial charge in [-0.2, -0.15) is 8.42 Å². The van der Waals surface area contributed by atoms with Crippen molar-refractivity contribution in [2.75, 3.05) is 12.3 Å². The normalized spacial score (nSPS) is 25.3. The van der Waals surface area contributed by atoms with Gasteiger partial charge in [0.2, 0.25) is 5.89 Å². The van der Waals surface area contributed by atoms with Crippen LogP contribution in [0, 0.1) is 11.8 Å². The highest BCUT2D eigenvalue weighted by Gasteiger charge is 2.51. The van der Waals surface area contributed by atoms with Crippen LogP contribution in [0.1, 0.15) is 104 Å². The summed E-state index contributed by atoms with van der Waals surface area (Å²) in [5.41, 5.74) is 2.54. The minimum Gasteiger partial charge on any atom is -0.448 e. The van der Waals surface area contributed by atoms with Crippen molar-refractivity contribution in [1.82, 2.24) is 10.3 Å². The Balaban J connectivity index is 1.14. The standard InChI is InChI=1S/C30H42N2O6S/c33-29(31-16-5-4-10-21-8-2-1-3-9-21)25-20-37-30(32-25)28-24(26-14-15-27(28)38-26)19-23-12-6-11-22(18-23)13-7-17-39(34,35)36/h6,11-12,18,20-21,24,26-28H,1-5,7-10,13-17,19H2,(H,31,33)(H,34,35,36)/t24-,26-,27+,28-/m0/s1. The SMILES string of the molecule is O=C(NCCCCC1CCCCC1)c1coc([C@H]2[C@@H](Cc3cccc(CCCS(=O)(=O)O)c3)[C@@H]3CC[C@H]2O3)n1. The lowest BCUT2D eigenvalue weighted by Crippen LogP contribution is -2.28. The van der Waals surface area contributed by atoms with E-state index in [1.54, 1.807) is 0 Å². The first-order chi connectivity index (χ1) is 18.9. The molecule has 1 saturated carbocycles. The fourth-order valence-corrected chi connectivity index (χ4v) is 7.40. The van der Waals surface area contributed by atoms with Gasteiger partial charge in [-0.25, -0.2) is 4.98 Å². The number of nitrogens with zero attached hydrogens (tertiary/aromatic N) is 1. The Bertz CT molecular complexity index is 1210. The topological polar surface area (TPSA) is 119 Å². The van der Waals surface area contributed by atoms with Gasteiger partial charge >= 0.3 is 0 Å². The predicted molar refractivity (Wildman–Crippen MR) is 148 cm³/mol. The summed E-state index contributed by atoms with van der Waals surface area (Å²) < 4.78 is 43.2. The zero-order valence-corrected chi connectivity index (χ0v) is 23.5. The number of benzene rings is 1. The number of oxazole rings is 1. The van der Waals surface area contributed by atoms with Gasteiger partial charge in [-0.15, -0.1) is 0 Å². The molecule has 214 valence electrons. The van der Waals surface area contributed by atoms with Gasteiger partial charge in [0.1, 0.15) is 6.26 Å². The Hall–Kier alpha value is -2.23.